The molecule has 4 rings (SSSR count). The molecule has 0 atom stereocenters. The van der Waals surface area contributed by atoms with Gasteiger partial charge in [0.2, 0.25) is 0 Å². The second-order valence-electron chi connectivity index (χ2n) is 6.79. The lowest BCUT2D eigenvalue weighted by Crippen LogP contribution is -2.05. The molecular weight excluding hydrogens is 366 g/mol. The van der Waals surface area contributed by atoms with Crippen molar-refractivity contribution < 1.29 is 4.74 Å². The SMILES string of the molecule is COc1ccc(CCn2c(C)cc(-c3csc(-c4ccccn4)n3)c2C)cc1. The molecule has 0 aliphatic rings. The number of rotatable bonds is 6. The highest BCUT2D eigenvalue weighted by Crippen LogP contribution is 2.31. The zero-order valence-electron chi connectivity index (χ0n) is 16.3. The summed E-state index contributed by atoms with van der Waals surface area (Å²) in [6, 6.07) is 16.5. The van der Waals surface area contributed by atoms with Crippen LogP contribution in [0.5, 0.6) is 5.75 Å². The van der Waals surface area contributed by atoms with E-state index in [1.807, 2.05) is 30.3 Å². The molecule has 0 N–H and O–H groups in total. The minimum Gasteiger partial charge on any atom is -0.497 e. The highest BCUT2D eigenvalue weighted by atomic mass is 32.1. The Labute approximate surface area is 169 Å². The lowest BCUT2D eigenvalue weighted by atomic mass is 10.1. The summed E-state index contributed by atoms with van der Waals surface area (Å²) in [5.41, 5.74) is 6.96. The topological polar surface area (TPSA) is 39.9 Å². The van der Waals surface area contributed by atoms with E-state index in [9.17, 15) is 0 Å². The van der Waals surface area contributed by atoms with Crippen LogP contribution in [0.15, 0.2) is 60.1 Å². The fourth-order valence-electron chi connectivity index (χ4n) is 3.44. The maximum atomic E-state index is 5.24. The van der Waals surface area contributed by atoms with E-state index in [4.69, 9.17) is 9.72 Å². The minimum atomic E-state index is 0.895. The molecule has 4 nitrogen and oxygen atoms in total. The van der Waals surface area contributed by atoms with E-state index in [0.29, 0.717) is 0 Å². The molecule has 0 unspecified atom stereocenters. The molecule has 5 heteroatoms. The van der Waals surface area contributed by atoms with Gasteiger partial charge in [0.05, 0.1) is 18.5 Å². The summed E-state index contributed by atoms with van der Waals surface area (Å²) >= 11 is 1.64. The third kappa shape index (κ3) is 3.71. The van der Waals surface area contributed by atoms with Crippen LogP contribution in [0.25, 0.3) is 22.0 Å². The summed E-state index contributed by atoms with van der Waals surface area (Å²) in [6.45, 7) is 5.29. The van der Waals surface area contributed by atoms with E-state index in [1.165, 1.54) is 22.5 Å². The molecule has 0 fully saturated rings. The first-order chi connectivity index (χ1) is 13.7. The van der Waals surface area contributed by atoms with Gasteiger partial charge in [0.25, 0.3) is 0 Å². The van der Waals surface area contributed by atoms with Gasteiger partial charge < -0.3 is 9.30 Å². The molecule has 0 saturated carbocycles. The third-order valence-electron chi connectivity index (χ3n) is 5.02. The number of pyridine rings is 1. The number of hydrogen-bond donors (Lipinski definition) is 0. The van der Waals surface area contributed by atoms with Crippen LogP contribution in [0.3, 0.4) is 0 Å². The first-order valence-corrected chi connectivity index (χ1v) is 10.2. The van der Waals surface area contributed by atoms with Crippen molar-refractivity contribution in [2.45, 2.75) is 26.8 Å². The van der Waals surface area contributed by atoms with Crippen LogP contribution in [0.4, 0.5) is 0 Å². The van der Waals surface area contributed by atoms with Crippen LogP contribution in [0.2, 0.25) is 0 Å². The molecule has 4 aromatic rings. The average molecular weight is 390 g/mol. The van der Waals surface area contributed by atoms with Crippen molar-refractivity contribution >= 4 is 11.3 Å². The Hall–Kier alpha value is -2.92. The molecule has 0 bridgehead atoms. The molecule has 0 saturated heterocycles. The summed E-state index contributed by atoms with van der Waals surface area (Å²) in [5.74, 6) is 0.895. The van der Waals surface area contributed by atoms with Gasteiger partial charge in [0, 0.05) is 35.1 Å². The standard InChI is InChI=1S/C23H23N3OS/c1-16-14-20(22-15-28-23(25-22)21-6-4-5-12-24-21)17(2)26(16)13-11-18-7-9-19(27-3)10-8-18/h4-10,12,14-15H,11,13H2,1-3H3. The van der Waals surface area contributed by atoms with Gasteiger partial charge in [-0.2, -0.15) is 0 Å². The minimum absolute atomic E-state index is 0.895. The summed E-state index contributed by atoms with van der Waals surface area (Å²) in [7, 11) is 1.70. The van der Waals surface area contributed by atoms with Crippen LogP contribution >= 0.6 is 11.3 Å². The van der Waals surface area contributed by atoms with Crippen molar-refractivity contribution in [1.29, 1.82) is 0 Å². The lowest BCUT2D eigenvalue weighted by Gasteiger charge is -2.10. The Balaban J connectivity index is 1.55. The second-order valence-corrected chi connectivity index (χ2v) is 7.65. The van der Waals surface area contributed by atoms with Crippen LogP contribution in [-0.4, -0.2) is 21.6 Å². The molecule has 1 aromatic carbocycles. The quantitative estimate of drug-likeness (QED) is 0.434. The van der Waals surface area contributed by atoms with E-state index >= 15 is 0 Å². The molecule has 0 spiro atoms. The highest BCUT2D eigenvalue weighted by Gasteiger charge is 2.14. The smallest absolute Gasteiger partial charge is 0.142 e. The van der Waals surface area contributed by atoms with Crippen molar-refractivity contribution in [2.75, 3.05) is 7.11 Å². The largest absolute Gasteiger partial charge is 0.497 e. The number of aromatic nitrogens is 3. The maximum Gasteiger partial charge on any atom is 0.142 e. The Kier molecular flexibility index (Phi) is 5.26. The first-order valence-electron chi connectivity index (χ1n) is 9.32. The molecule has 3 aromatic heterocycles. The van der Waals surface area contributed by atoms with E-state index in [2.05, 4.69) is 47.0 Å². The van der Waals surface area contributed by atoms with Gasteiger partial charge in [-0.25, -0.2) is 4.98 Å². The maximum absolute atomic E-state index is 5.24. The van der Waals surface area contributed by atoms with Crippen LogP contribution < -0.4 is 4.74 Å². The van der Waals surface area contributed by atoms with E-state index < -0.39 is 0 Å². The van der Waals surface area contributed by atoms with Gasteiger partial charge in [-0.1, -0.05) is 18.2 Å². The highest BCUT2D eigenvalue weighted by molar-refractivity contribution is 7.13. The summed E-state index contributed by atoms with van der Waals surface area (Å²) in [4.78, 5) is 9.24. The number of nitrogens with zero attached hydrogens (tertiary/aromatic N) is 3. The third-order valence-corrected chi connectivity index (χ3v) is 5.89. The van der Waals surface area contributed by atoms with E-state index in [-0.39, 0.29) is 0 Å². The number of benzene rings is 1. The van der Waals surface area contributed by atoms with Crippen molar-refractivity contribution in [1.82, 2.24) is 14.5 Å². The summed E-state index contributed by atoms with van der Waals surface area (Å²) in [6.07, 6.45) is 2.79. The fraction of sp³-hybridized carbons (Fsp3) is 0.217. The summed E-state index contributed by atoms with van der Waals surface area (Å²) in [5, 5.41) is 3.08. The number of thiazole rings is 1. The van der Waals surface area contributed by atoms with Gasteiger partial charge in [-0.05, 0) is 56.2 Å². The summed E-state index contributed by atoms with van der Waals surface area (Å²) < 4.78 is 7.62. The van der Waals surface area contributed by atoms with Gasteiger partial charge in [0.1, 0.15) is 10.8 Å². The molecule has 142 valence electrons. The number of aryl methyl sites for hydroxylation is 2. The molecule has 0 amide bonds. The van der Waals surface area contributed by atoms with Crippen molar-refractivity contribution in [3.05, 3.63) is 77.1 Å². The fourth-order valence-corrected chi connectivity index (χ4v) is 4.24. The number of ether oxygens (including phenoxy) is 1. The monoisotopic (exact) mass is 389 g/mol. The molecule has 0 radical (unpaired) electrons. The normalized spacial score (nSPS) is 11.0. The second kappa shape index (κ2) is 7.98. The van der Waals surface area contributed by atoms with Gasteiger partial charge in [0.15, 0.2) is 0 Å². The van der Waals surface area contributed by atoms with Gasteiger partial charge in [-0.15, -0.1) is 11.3 Å². The number of hydrogen-bond acceptors (Lipinski definition) is 4. The van der Waals surface area contributed by atoms with Gasteiger partial charge >= 0.3 is 0 Å². The lowest BCUT2D eigenvalue weighted by molar-refractivity contribution is 0.414. The number of methoxy groups -OCH3 is 1. The molecular formula is C23H23N3OS. The van der Waals surface area contributed by atoms with Crippen molar-refractivity contribution in [3.63, 3.8) is 0 Å². The first kappa shape index (κ1) is 18.4. The Morgan fingerprint density at radius 3 is 2.57 bits per heavy atom. The average Bonchev–Trinajstić information content (AvgIpc) is 3.32. The molecule has 28 heavy (non-hydrogen) atoms. The van der Waals surface area contributed by atoms with Crippen LogP contribution in [0, 0.1) is 13.8 Å². The predicted molar refractivity (Wildman–Crippen MR) is 115 cm³/mol. The molecule has 0 aliphatic heterocycles. The molecule has 3 heterocycles. The van der Waals surface area contributed by atoms with Crippen molar-refractivity contribution in [2.24, 2.45) is 0 Å². The zero-order chi connectivity index (χ0) is 19.5. The predicted octanol–water partition coefficient (Wildman–Crippen LogP) is 5.54. The van der Waals surface area contributed by atoms with E-state index in [1.54, 1.807) is 24.6 Å². The van der Waals surface area contributed by atoms with Crippen LogP contribution in [0.1, 0.15) is 17.0 Å². The Morgan fingerprint density at radius 1 is 1.04 bits per heavy atom. The van der Waals surface area contributed by atoms with Crippen LogP contribution in [-0.2, 0) is 13.0 Å². The Morgan fingerprint density at radius 2 is 1.86 bits per heavy atom. The van der Waals surface area contributed by atoms with E-state index in [0.717, 1.165) is 35.1 Å². The Bertz CT molecular complexity index is 1070. The molecule has 0 aliphatic carbocycles. The van der Waals surface area contributed by atoms with Gasteiger partial charge in [-0.3, -0.25) is 4.98 Å². The zero-order valence-corrected chi connectivity index (χ0v) is 17.2. The van der Waals surface area contributed by atoms with Crippen molar-refractivity contribution in [3.8, 4) is 27.7 Å².